The van der Waals surface area contributed by atoms with Crippen molar-refractivity contribution in [3.05, 3.63) is 65.5 Å². The third kappa shape index (κ3) is 6.43. The van der Waals surface area contributed by atoms with Crippen molar-refractivity contribution in [2.24, 2.45) is 0 Å². The quantitative estimate of drug-likeness (QED) is 0.307. The van der Waals surface area contributed by atoms with E-state index < -0.39 is 0 Å². The Bertz CT molecular complexity index is 1140. The van der Waals surface area contributed by atoms with E-state index in [1.54, 1.807) is 18.2 Å². The van der Waals surface area contributed by atoms with Crippen LogP contribution in [0.3, 0.4) is 0 Å². The molecule has 0 atom stereocenters. The minimum Gasteiger partial charge on any atom is -0.495 e. The fourth-order valence-corrected chi connectivity index (χ4v) is 3.97. The Morgan fingerprint density at radius 1 is 1.21 bits per heavy atom. The summed E-state index contributed by atoms with van der Waals surface area (Å²) in [6.45, 7) is 6.54. The van der Waals surface area contributed by atoms with Crippen molar-refractivity contribution in [3.63, 3.8) is 0 Å². The first-order valence-corrected chi connectivity index (χ1v) is 11.4. The van der Waals surface area contributed by atoms with Gasteiger partial charge in [0.05, 0.1) is 30.7 Å². The molecule has 2 aromatic carbocycles. The molecule has 0 saturated carbocycles. The number of carbonyl (C=O) groups excluding carboxylic acids is 1. The molecule has 0 unspecified atom stereocenters. The molecule has 174 valence electrons. The molecule has 3 aromatic rings. The lowest BCUT2D eigenvalue weighted by Crippen LogP contribution is -2.15. The number of aromatic nitrogens is 3. The largest absolute Gasteiger partial charge is 0.495 e. The molecule has 8 nitrogen and oxygen atoms in total. The van der Waals surface area contributed by atoms with Gasteiger partial charge in [-0.3, -0.25) is 9.36 Å². The molecule has 1 heterocycles. The van der Waals surface area contributed by atoms with Crippen LogP contribution in [0, 0.1) is 6.92 Å². The number of thioether (sulfide) groups is 1. The lowest BCUT2D eigenvalue weighted by atomic mass is 10.2. The van der Waals surface area contributed by atoms with Crippen LogP contribution in [-0.4, -0.2) is 40.6 Å². The maximum absolute atomic E-state index is 12.6. The first-order chi connectivity index (χ1) is 15.9. The molecule has 10 heteroatoms. The third-order valence-corrected chi connectivity index (χ3v) is 5.81. The van der Waals surface area contributed by atoms with Crippen molar-refractivity contribution in [1.82, 2.24) is 14.8 Å². The second-order valence-electron chi connectivity index (χ2n) is 6.93. The Balaban J connectivity index is 1.66. The third-order valence-electron chi connectivity index (χ3n) is 4.54. The normalized spacial score (nSPS) is 10.5. The van der Waals surface area contributed by atoms with Gasteiger partial charge in [-0.1, -0.05) is 41.6 Å². The van der Waals surface area contributed by atoms with E-state index >= 15 is 0 Å². The van der Waals surface area contributed by atoms with Gasteiger partial charge < -0.3 is 19.5 Å². The highest BCUT2D eigenvalue weighted by Crippen LogP contribution is 2.36. The predicted octanol–water partition coefficient (Wildman–Crippen LogP) is 4.75. The molecule has 3 rings (SSSR count). The Kier molecular flexibility index (Phi) is 8.62. The molecule has 0 aliphatic heterocycles. The lowest BCUT2D eigenvalue weighted by Gasteiger charge is -2.13. The number of aryl methyl sites for hydroxylation is 1. The number of benzene rings is 2. The monoisotopic (exact) mass is 488 g/mol. The van der Waals surface area contributed by atoms with Gasteiger partial charge in [-0.15, -0.1) is 16.8 Å². The highest BCUT2D eigenvalue weighted by Gasteiger charge is 2.16. The highest BCUT2D eigenvalue weighted by molar-refractivity contribution is 7.99. The molecule has 1 N–H and O–H groups in total. The van der Waals surface area contributed by atoms with E-state index in [0.29, 0.717) is 39.7 Å². The summed E-state index contributed by atoms with van der Waals surface area (Å²) in [5.41, 5.74) is 1.57. The number of halogens is 1. The number of allylic oxidation sites excluding steroid dienone is 1. The summed E-state index contributed by atoms with van der Waals surface area (Å²) < 4.78 is 18.2. The van der Waals surface area contributed by atoms with Crippen LogP contribution in [0.2, 0.25) is 5.02 Å². The van der Waals surface area contributed by atoms with E-state index in [0.717, 1.165) is 11.3 Å². The van der Waals surface area contributed by atoms with Gasteiger partial charge in [0, 0.05) is 18.7 Å². The number of carbonyl (C=O) groups is 1. The van der Waals surface area contributed by atoms with E-state index in [9.17, 15) is 4.79 Å². The standard InChI is InChI=1S/C23H25ClN4O4S/c1-5-9-28-21(13-32-16-8-6-7-15(2)10-16)26-27-23(28)33-14-22(29)25-18-12-19(30-3)17(24)11-20(18)31-4/h5-8,10-12H,1,9,13-14H2,2-4H3,(H,25,29). The second kappa shape index (κ2) is 11.6. The van der Waals surface area contributed by atoms with Crippen molar-refractivity contribution < 1.29 is 19.0 Å². The molecule has 0 aliphatic rings. The zero-order valence-corrected chi connectivity index (χ0v) is 20.2. The van der Waals surface area contributed by atoms with Crippen LogP contribution in [0.5, 0.6) is 17.2 Å². The number of nitrogens with zero attached hydrogens (tertiary/aromatic N) is 3. The molecule has 0 bridgehead atoms. The number of anilines is 1. The van der Waals surface area contributed by atoms with Gasteiger partial charge in [0.1, 0.15) is 23.9 Å². The minimum atomic E-state index is -0.242. The zero-order chi connectivity index (χ0) is 23.8. The predicted molar refractivity (Wildman–Crippen MR) is 130 cm³/mol. The van der Waals surface area contributed by atoms with Crippen LogP contribution in [0.1, 0.15) is 11.4 Å². The smallest absolute Gasteiger partial charge is 0.234 e. The summed E-state index contributed by atoms with van der Waals surface area (Å²) >= 11 is 7.38. The highest BCUT2D eigenvalue weighted by atomic mass is 35.5. The summed E-state index contributed by atoms with van der Waals surface area (Å²) in [6, 6.07) is 11.0. The van der Waals surface area contributed by atoms with Crippen molar-refractivity contribution in [3.8, 4) is 17.2 Å². The zero-order valence-electron chi connectivity index (χ0n) is 18.6. The molecule has 1 amide bonds. The van der Waals surface area contributed by atoms with E-state index in [-0.39, 0.29) is 18.3 Å². The van der Waals surface area contributed by atoms with Gasteiger partial charge in [-0.2, -0.15) is 0 Å². The van der Waals surface area contributed by atoms with Crippen LogP contribution >= 0.6 is 23.4 Å². The molecule has 0 aliphatic carbocycles. The molecule has 0 spiro atoms. The molecular formula is C23H25ClN4O4S. The fraction of sp³-hybridized carbons (Fsp3) is 0.261. The SMILES string of the molecule is C=CCn1c(COc2cccc(C)c2)nnc1SCC(=O)Nc1cc(OC)c(Cl)cc1OC. The first-order valence-electron chi connectivity index (χ1n) is 10.0. The van der Waals surface area contributed by atoms with Crippen LogP contribution in [0.4, 0.5) is 5.69 Å². The second-order valence-corrected chi connectivity index (χ2v) is 8.28. The maximum Gasteiger partial charge on any atom is 0.234 e. The summed E-state index contributed by atoms with van der Waals surface area (Å²) in [5, 5.41) is 12.3. The van der Waals surface area contributed by atoms with Crippen LogP contribution in [0.25, 0.3) is 0 Å². The summed E-state index contributed by atoms with van der Waals surface area (Å²) in [7, 11) is 3.00. The van der Waals surface area contributed by atoms with Crippen molar-refractivity contribution in [2.45, 2.75) is 25.2 Å². The van der Waals surface area contributed by atoms with Crippen molar-refractivity contribution >= 4 is 35.0 Å². The van der Waals surface area contributed by atoms with Gasteiger partial charge in [0.15, 0.2) is 11.0 Å². The number of hydrogen-bond donors (Lipinski definition) is 1. The average molecular weight is 489 g/mol. The maximum atomic E-state index is 12.6. The molecule has 33 heavy (non-hydrogen) atoms. The van der Waals surface area contributed by atoms with E-state index in [1.165, 1.54) is 26.0 Å². The van der Waals surface area contributed by atoms with E-state index in [2.05, 4.69) is 22.1 Å². The van der Waals surface area contributed by atoms with Gasteiger partial charge in [-0.25, -0.2) is 0 Å². The lowest BCUT2D eigenvalue weighted by molar-refractivity contribution is -0.113. The van der Waals surface area contributed by atoms with Gasteiger partial charge in [0.2, 0.25) is 5.91 Å². The minimum absolute atomic E-state index is 0.113. The number of amides is 1. The number of ether oxygens (including phenoxy) is 3. The number of hydrogen-bond acceptors (Lipinski definition) is 7. The van der Waals surface area contributed by atoms with Gasteiger partial charge in [0.25, 0.3) is 0 Å². The van der Waals surface area contributed by atoms with E-state index in [4.69, 9.17) is 25.8 Å². The Labute approximate surface area is 201 Å². The van der Waals surface area contributed by atoms with Crippen molar-refractivity contribution in [1.29, 1.82) is 0 Å². The van der Waals surface area contributed by atoms with Crippen LogP contribution in [0.15, 0.2) is 54.2 Å². The molecule has 1 aromatic heterocycles. The van der Waals surface area contributed by atoms with Gasteiger partial charge in [-0.05, 0) is 24.6 Å². The fourth-order valence-electron chi connectivity index (χ4n) is 2.97. The number of methoxy groups -OCH3 is 2. The topological polar surface area (TPSA) is 87.5 Å². The first kappa shape index (κ1) is 24.5. The number of rotatable bonds is 11. The Morgan fingerprint density at radius 2 is 2.00 bits per heavy atom. The van der Waals surface area contributed by atoms with Crippen LogP contribution < -0.4 is 19.5 Å². The van der Waals surface area contributed by atoms with E-state index in [1.807, 2.05) is 35.8 Å². The molecular weight excluding hydrogens is 464 g/mol. The Morgan fingerprint density at radius 3 is 2.70 bits per heavy atom. The average Bonchev–Trinajstić information content (AvgIpc) is 3.19. The van der Waals surface area contributed by atoms with Crippen LogP contribution in [-0.2, 0) is 17.9 Å². The molecule has 0 radical (unpaired) electrons. The Hall–Kier alpha value is -3.17. The van der Waals surface area contributed by atoms with Gasteiger partial charge >= 0.3 is 0 Å². The summed E-state index contributed by atoms with van der Waals surface area (Å²) in [4.78, 5) is 12.6. The summed E-state index contributed by atoms with van der Waals surface area (Å²) in [6.07, 6.45) is 1.74. The number of nitrogens with one attached hydrogen (secondary N) is 1. The molecule has 0 saturated heterocycles. The summed E-state index contributed by atoms with van der Waals surface area (Å²) in [5.74, 6) is 2.14. The molecule has 0 fully saturated rings. The van der Waals surface area contributed by atoms with Crippen molar-refractivity contribution in [2.75, 3.05) is 25.3 Å².